The Balaban J connectivity index is 1.49. The maximum absolute atomic E-state index is 12.4. The monoisotopic (exact) mass is 407 g/mol. The highest BCUT2D eigenvalue weighted by atomic mass is 16.1. The van der Waals surface area contributed by atoms with Gasteiger partial charge in [-0.05, 0) is 56.1 Å². The van der Waals surface area contributed by atoms with Gasteiger partial charge in [-0.15, -0.1) is 0 Å². The van der Waals surface area contributed by atoms with Gasteiger partial charge in [-0.2, -0.15) is 0 Å². The summed E-state index contributed by atoms with van der Waals surface area (Å²) in [7, 11) is 0. The number of piperidine rings is 1. The third kappa shape index (κ3) is 4.94. The summed E-state index contributed by atoms with van der Waals surface area (Å²) in [6.07, 6.45) is 2.78. The lowest BCUT2D eigenvalue weighted by Crippen LogP contribution is -2.50. The lowest BCUT2D eigenvalue weighted by atomic mass is 9.72. The van der Waals surface area contributed by atoms with Gasteiger partial charge in [0.25, 0.3) is 0 Å². The summed E-state index contributed by atoms with van der Waals surface area (Å²) in [5.74, 6) is -0.684. The third-order valence-electron chi connectivity index (χ3n) is 6.11. The highest BCUT2D eigenvalue weighted by Gasteiger charge is 2.41. The molecule has 6 nitrogen and oxygen atoms in total. The molecule has 4 N–H and O–H groups in total. The van der Waals surface area contributed by atoms with Crippen molar-refractivity contribution in [3.05, 3.63) is 71.3 Å². The van der Waals surface area contributed by atoms with Crippen molar-refractivity contribution in [3.63, 3.8) is 0 Å². The number of amides is 2. The van der Waals surface area contributed by atoms with E-state index in [-0.39, 0.29) is 18.1 Å². The zero-order valence-electron chi connectivity index (χ0n) is 17.2. The van der Waals surface area contributed by atoms with E-state index >= 15 is 0 Å². The fourth-order valence-corrected chi connectivity index (χ4v) is 4.31. The number of primary amides is 2. The molecule has 1 saturated heterocycles. The van der Waals surface area contributed by atoms with E-state index in [9.17, 15) is 14.4 Å². The van der Waals surface area contributed by atoms with Crippen molar-refractivity contribution in [1.82, 2.24) is 4.90 Å². The first-order chi connectivity index (χ1) is 14.4. The number of hydrogen-bond acceptors (Lipinski definition) is 4. The maximum atomic E-state index is 12.4. The number of likely N-dealkylation sites (tertiary alicyclic amines) is 1. The van der Waals surface area contributed by atoms with Crippen molar-refractivity contribution < 1.29 is 14.4 Å². The molecule has 0 unspecified atom stereocenters. The van der Waals surface area contributed by atoms with Gasteiger partial charge < -0.3 is 16.4 Å². The van der Waals surface area contributed by atoms with E-state index in [0.717, 1.165) is 31.6 Å². The van der Waals surface area contributed by atoms with Gasteiger partial charge in [0.2, 0.25) is 11.8 Å². The lowest BCUT2D eigenvalue weighted by molar-refractivity contribution is -0.125. The van der Waals surface area contributed by atoms with Crippen LogP contribution in [0.25, 0.3) is 0 Å². The summed E-state index contributed by atoms with van der Waals surface area (Å²) in [5.41, 5.74) is 12.6. The molecular weight excluding hydrogens is 378 g/mol. The van der Waals surface area contributed by atoms with Crippen LogP contribution in [0.1, 0.15) is 47.2 Å². The fourth-order valence-electron chi connectivity index (χ4n) is 4.31. The number of carbonyl (C=O) groups is 3. The van der Waals surface area contributed by atoms with Crippen LogP contribution in [-0.4, -0.2) is 42.1 Å². The van der Waals surface area contributed by atoms with E-state index in [4.69, 9.17) is 11.5 Å². The summed E-state index contributed by atoms with van der Waals surface area (Å²) < 4.78 is 0. The Hall–Kier alpha value is -2.99. The molecule has 1 aliphatic heterocycles. The Morgan fingerprint density at radius 1 is 0.900 bits per heavy atom. The SMILES string of the molecule is NC(=O)c1ccccc1CC(=O)CCCN1CCC(C(N)=O)(c2ccccc2)CC1. The molecule has 0 spiro atoms. The van der Waals surface area contributed by atoms with Crippen LogP contribution in [0.4, 0.5) is 0 Å². The average molecular weight is 408 g/mol. The van der Waals surface area contributed by atoms with E-state index in [1.165, 1.54) is 0 Å². The number of nitrogens with two attached hydrogens (primary N) is 2. The number of Topliss-reactive ketones (excluding diaryl/α,β-unsaturated/α-hetero) is 1. The molecule has 1 heterocycles. The van der Waals surface area contributed by atoms with E-state index in [1.54, 1.807) is 24.3 Å². The Bertz CT molecular complexity index is 903. The Morgan fingerprint density at radius 2 is 1.53 bits per heavy atom. The van der Waals surface area contributed by atoms with Gasteiger partial charge in [0, 0.05) is 18.4 Å². The van der Waals surface area contributed by atoms with Crippen LogP contribution >= 0.6 is 0 Å². The predicted octanol–water partition coefficient (Wildman–Crippen LogP) is 2.20. The van der Waals surface area contributed by atoms with E-state index < -0.39 is 11.3 Å². The van der Waals surface area contributed by atoms with Crippen LogP contribution in [0.2, 0.25) is 0 Å². The van der Waals surface area contributed by atoms with E-state index in [0.29, 0.717) is 30.4 Å². The number of ketones is 1. The summed E-state index contributed by atoms with van der Waals surface area (Å²) in [4.78, 5) is 38.4. The zero-order chi connectivity index (χ0) is 21.6. The van der Waals surface area contributed by atoms with Gasteiger partial charge in [0.1, 0.15) is 5.78 Å². The van der Waals surface area contributed by atoms with Gasteiger partial charge in [-0.3, -0.25) is 14.4 Å². The van der Waals surface area contributed by atoms with Gasteiger partial charge in [-0.1, -0.05) is 48.5 Å². The van der Waals surface area contributed by atoms with Crippen LogP contribution < -0.4 is 11.5 Å². The normalized spacial score (nSPS) is 16.1. The molecule has 3 rings (SSSR count). The van der Waals surface area contributed by atoms with Crippen molar-refractivity contribution in [2.75, 3.05) is 19.6 Å². The largest absolute Gasteiger partial charge is 0.369 e. The molecule has 2 aromatic carbocycles. The molecule has 6 heteroatoms. The standard InChI is InChI=1S/C24H29N3O3/c25-22(29)21-11-5-4-7-18(21)17-20(28)10-6-14-27-15-12-24(13-16-27,23(26)30)19-8-2-1-3-9-19/h1-5,7-9,11H,6,10,12-17H2,(H2,25,29)(H2,26,30). The highest BCUT2D eigenvalue weighted by Crippen LogP contribution is 2.35. The summed E-state index contributed by atoms with van der Waals surface area (Å²) in [5, 5.41) is 0. The topological polar surface area (TPSA) is 106 Å². The molecule has 1 aliphatic rings. The first-order valence-corrected chi connectivity index (χ1v) is 10.4. The van der Waals surface area contributed by atoms with Gasteiger partial charge in [-0.25, -0.2) is 0 Å². The molecule has 0 radical (unpaired) electrons. The van der Waals surface area contributed by atoms with Crippen molar-refractivity contribution in [1.29, 1.82) is 0 Å². The van der Waals surface area contributed by atoms with E-state index in [1.807, 2.05) is 30.3 Å². The molecule has 2 aromatic rings. The van der Waals surface area contributed by atoms with Gasteiger partial charge >= 0.3 is 0 Å². The molecule has 0 aliphatic carbocycles. The molecule has 0 atom stereocenters. The van der Waals surface area contributed by atoms with Gasteiger partial charge in [0.05, 0.1) is 5.41 Å². The quantitative estimate of drug-likeness (QED) is 0.664. The number of rotatable bonds is 9. The Morgan fingerprint density at radius 3 is 2.17 bits per heavy atom. The second-order valence-electron chi connectivity index (χ2n) is 7.99. The van der Waals surface area contributed by atoms with Crippen LogP contribution in [-0.2, 0) is 21.4 Å². The highest BCUT2D eigenvalue weighted by molar-refractivity contribution is 5.96. The molecule has 0 aromatic heterocycles. The van der Waals surface area contributed by atoms with Crippen LogP contribution in [0.5, 0.6) is 0 Å². The Labute approximate surface area is 177 Å². The van der Waals surface area contributed by atoms with Gasteiger partial charge in [0.15, 0.2) is 0 Å². The lowest BCUT2D eigenvalue weighted by Gasteiger charge is -2.40. The number of benzene rings is 2. The minimum Gasteiger partial charge on any atom is -0.369 e. The van der Waals surface area contributed by atoms with Crippen LogP contribution in [0.3, 0.4) is 0 Å². The Kier molecular flexibility index (Phi) is 7.00. The molecule has 30 heavy (non-hydrogen) atoms. The van der Waals surface area contributed by atoms with Crippen LogP contribution in [0, 0.1) is 0 Å². The first-order valence-electron chi connectivity index (χ1n) is 10.4. The summed E-state index contributed by atoms with van der Waals surface area (Å²) >= 11 is 0. The second kappa shape index (κ2) is 9.67. The van der Waals surface area contributed by atoms with Crippen molar-refractivity contribution in [2.24, 2.45) is 11.5 Å². The third-order valence-corrected chi connectivity index (χ3v) is 6.11. The molecule has 0 saturated carbocycles. The van der Waals surface area contributed by atoms with Crippen molar-refractivity contribution in [2.45, 2.75) is 37.5 Å². The summed E-state index contributed by atoms with van der Waals surface area (Å²) in [6.45, 7) is 2.35. The van der Waals surface area contributed by atoms with E-state index in [2.05, 4.69) is 4.90 Å². The van der Waals surface area contributed by atoms with Crippen LogP contribution in [0.15, 0.2) is 54.6 Å². The van der Waals surface area contributed by atoms with Crippen molar-refractivity contribution >= 4 is 17.6 Å². The smallest absolute Gasteiger partial charge is 0.248 e. The molecular formula is C24H29N3O3. The molecule has 2 amide bonds. The van der Waals surface area contributed by atoms with Crippen molar-refractivity contribution in [3.8, 4) is 0 Å². The molecule has 0 bridgehead atoms. The molecule has 1 fully saturated rings. The first kappa shape index (κ1) is 21.7. The number of nitrogens with zero attached hydrogens (tertiary/aromatic N) is 1. The predicted molar refractivity (Wildman–Crippen MR) is 116 cm³/mol. The number of carbonyl (C=O) groups excluding carboxylic acids is 3. The second-order valence-corrected chi connectivity index (χ2v) is 7.99. The minimum atomic E-state index is -0.605. The number of hydrogen-bond donors (Lipinski definition) is 2. The summed E-state index contributed by atoms with van der Waals surface area (Å²) in [6, 6.07) is 16.7. The minimum absolute atomic E-state index is 0.0940. The zero-order valence-corrected chi connectivity index (χ0v) is 17.2. The fraction of sp³-hybridized carbons (Fsp3) is 0.375. The average Bonchev–Trinajstić information content (AvgIpc) is 2.75. The maximum Gasteiger partial charge on any atom is 0.248 e. The molecule has 158 valence electrons.